The molecule has 0 saturated heterocycles. The Balaban J connectivity index is 2.00. The third kappa shape index (κ3) is 8.29. The summed E-state index contributed by atoms with van der Waals surface area (Å²) in [4.78, 5) is 22.0. The monoisotopic (exact) mass is 307 g/mol. The average molecular weight is 307 g/mol. The highest BCUT2D eigenvalue weighted by Gasteiger charge is 2.04. The molecule has 0 spiro atoms. The predicted octanol–water partition coefficient (Wildman–Crippen LogP) is 3.21. The van der Waals surface area contributed by atoms with Crippen LogP contribution in [-0.4, -0.2) is 22.1 Å². The van der Waals surface area contributed by atoms with Crippen LogP contribution in [0.25, 0.3) is 0 Å². The maximum atomic E-state index is 11.7. The van der Waals surface area contributed by atoms with E-state index in [9.17, 15) is 14.7 Å². The Kier molecular flexibility index (Phi) is 8.72. The Morgan fingerprint density at radius 2 is 1.50 bits per heavy atom. The molecule has 0 aliphatic rings. The van der Waals surface area contributed by atoms with Crippen LogP contribution >= 0.6 is 0 Å². The van der Waals surface area contributed by atoms with Crippen LogP contribution < -0.4 is 5.32 Å². The Bertz CT molecular complexity index is 473. The van der Waals surface area contributed by atoms with Gasteiger partial charge in [0.05, 0.1) is 0 Å². The molecule has 3 N–H and O–H groups in total. The highest BCUT2D eigenvalue weighted by molar-refractivity contribution is 5.75. The van der Waals surface area contributed by atoms with Gasteiger partial charge in [0.1, 0.15) is 5.75 Å². The van der Waals surface area contributed by atoms with Crippen molar-refractivity contribution < 1.29 is 19.8 Å². The summed E-state index contributed by atoms with van der Waals surface area (Å²) in [5.74, 6) is -0.542. The summed E-state index contributed by atoms with van der Waals surface area (Å²) < 4.78 is 0. The first-order valence-electron chi connectivity index (χ1n) is 7.85. The van der Waals surface area contributed by atoms with E-state index in [2.05, 4.69) is 5.32 Å². The van der Waals surface area contributed by atoms with Crippen LogP contribution in [0.3, 0.4) is 0 Å². The number of phenolic OH excluding ortho intramolecular Hbond substituents is 1. The molecule has 5 nitrogen and oxygen atoms in total. The lowest BCUT2D eigenvalue weighted by Crippen LogP contribution is -2.22. The van der Waals surface area contributed by atoms with E-state index in [4.69, 9.17) is 5.11 Å². The minimum atomic E-state index is -0.735. The molecule has 22 heavy (non-hydrogen) atoms. The fourth-order valence-corrected chi connectivity index (χ4v) is 2.21. The molecule has 0 aliphatic carbocycles. The Labute approximate surface area is 131 Å². The SMILES string of the molecule is O=C(O)CCCCCCCCC(=O)NCc1ccccc1O. The number of nitrogens with one attached hydrogen (secondary N) is 1. The van der Waals surface area contributed by atoms with Gasteiger partial charge in [-0.2, -0.15) is 0 Å². The molecule has 122 valence electrons. The van der Waals surface area contributed by atoms with Gasteiger partial charge in [0.15, 0.2) is 0 Å². The lowest BCUT2D eigenvalue weighted by atomic mass is 10.1. The highest BCUT2D eigenvalue weighted by Crippen LogP contribution is 2.15. The quantitative estimate of drug-likeness (QED) is 0.548. The van der Waals surface area contributed by atoms with Crippen molar-refractivity contribution >= 4 is 11.9 Å². The summed E-state index contributed by atoms with van der Waals surface area (Å²) in [5.41, 5.74) is 0.717. The van der Waals surface area contributed by atoms with Gasteiger partial charge in [0.2, 0.25) is 5.91 Å². The Hall–Kier alpha value is -2.04. The topological polar surface area (TPSA) is 86.6 Å². The molecule has 1 aromatic rings. The number of amides is 1. The number of aliphatic carboxylic acids is 1. The molecule has 1 rings (SSSR count). The summed E-state index contributed by atoms with van der Waals surface area (Å²) >= 11 is 0. The van der Waals surface area contributed by atoms with Gasteiger partial charge in [-0.25, -0.2) is 0 Å². The third-order valence-electron chi connectivity index (χ3n) is 3.51. The van der Waals surface area contributed by atoms with Gasteiger partial charge in [-0.05, 0) is 18.9 Å². The van der Waals surface area contributed by atoms with E-state index in [0.717, 1.165) is 38.5 Å². The first-order valence-corrected chi connectivity index (χ1v) is 7.85. The van der Waals surface area contributed by atoms with E-state index >= 15 is 0 Å². The largest absolute Gasteiger partial charge is 0.508 e. The van der Waals surface area contributed by atoms with Crippen molar-refractivity contribution in [3.63, 3.8) is 0 Å². The third-order valence-corrected chi connectivity index (χ3v) is 3.51. The zero-order valence-electron chi connectivity index (χ0n) is 12.9. The Morgan fingerprint density at radius 3 is 2.14 bits per heavy atom. The number of aromatic hydroxyl groups is 1. The van der Waals surface area contributed by atoms with Crippen molar-refractivity contribution in [1.82, 2.24) is 5.32 Å². The predicted molar refractivity (Wildman–Crippen MR) is 84.5 cm³/mol. The molecule has 1 aromatic carbocycles. The normalized spacial score (nSPS) is 10.4. The number of hydrogen-bond donors (Lipinski definition) is 3. The maximum Gasteiger partial charge on any atom is 0.303 e. The van der Waals surface area contributed by atoms with Crippen LogP contribution in [0, 0.1) is 0 Å². The van der Waals surface area contributed by atoms with Crippen LogP contribution in [0.1, 0.15) is 56.9 Å². The summed E-state index contributed by atoms with van der Waals surface area (Å²) in [6.45, 7) is 0.348. The lowest BCUT2D eigenvalue weighted by Gasteiger charge is -2.07. The number of carbonyl (C=O) groups is 2. The molecule has 5 heteroatoms. The van der Waals surface area contributed by atoms with Gasteiger partial charge in [-0.1, -0.05) is 43.9 Å². The summed E-state index contributed by atoms with van der Waals surface area (Å²) in [6.07, 6.45) is 6.28. The van der Waals surface area contributed by atoms with Crippen LogP contribution in [0.2, 0.25) is 0 Å². The molecule has 0 atom stereocenters. The number of para-hydroxylation sites is 1. The molecule has 0 aliphatic heterocycles. The number of hydrogen-bond acceptors (Lipinski definition) is 3. The average Bonchev–Trinajstić information content (AvgIpc) is 2.49. The second-order valence-corrected chi connectivity index (χ2v) is 5.42. The van der Waals surface area contributed by atoms with E-state index in [0.29, 0.717) is 18.5 Å². The first-order chi connectivity index (χ1) is 10.6. The summed E-state index contributed by atoms with van der Waals surface area (Å²) in [7, 11) is 0. The minimum absolute atomic E-state index is 0.00543. The number of rotatable bonds is 11. The van der Waals surface area contributed by atoms with Crippen molar-refractivity contribution in [2.75, 3.05) is 0 Å². The zero-order valence-corrected chi connectivity index (χ0v) is 12.9. The van der Waals surface area contributed by atoms with Crippen molar-refractivity contribution in [1.29, 1.82) is 0 Å². The molecule has 0 heterocycles. The van der Waals surface area contributed by atoms with Crippen LogP contribution in [0.4, 0.5) is 0 Å². The Morgan fingerprint density at radius 1 is 0.909 bits per heavy atom. The van der Waals surface area contributed by atoms with Gasteiger partial charge in [0, 0.05) is 24.9 Å². The smallest absolute Gasteiger partial charge is 0.303 e. The minimum Gasteiger partial charge on any atom is -0.508 e. The maximum absolute atomic E-state index is 11.7. The lowest BCUT2D eigenvalue weighted by molar-refractivity contribution is -0.137. The molecule has 1 amide bonds. The van der Waals surface area contributed by atoms with Gasteiger partial charge in [0.25, 0.3) is 0 Å². The van der Waals surface area contributed by atoms with E-state index in [1.54, 1.807) is 18.2 Å². The van der Waals surface area contributed by atoms with Gasteiger partial charge in [-0.3, -0.25) is 9.59 Å². The second kappa shape index (κ2) is 10.7. The molecule has 0 saturated carbocycles. The second-order valence-electron chi connectivity index (χ2n) is 5.42. The number of carbonyl (C=O) groups excluding carboxylic acids is 1. The van der Waals surface area contributed by atoms with E-state index in [-0.39, 0.29) is 18.1 Å². The first kappa shape index (κ1) is 18.0. The fourth-order valence-electron chi connectivity index (χ4n) is 2.21. The van der Waals surface area contributed by atoms with Crippen molar-refractivity contribution in [2.24, 2.45) is 0 Å². The van der Waals surface area contributed by atoms with Gasteiger partial charge < -0.3 is 15.5 Å². The molecule has 0 bridgehead atoms. The fraction of sp³-hybridized carbons (Fsp3) is 0.529. The standard InChI is InChI=1S/C17H25NO4/c19-15-10-8-7-9-14(15)13-18-16(20)11-5-3-1-2-4-6-12-17(21)22/h7-10,19H,1-6,11-13H2,(H,18,20)(H,21,22). The van der Waals surface area contributed by atoms with Gasteiger partial charge in [-0.15, -0.1) is 0 Å². The summed E-state index contributed by atoms with van der Waals surface area (Å²) in [5, 5.41) is 20.9. The molecular formula is C17H25NO4. The van der Waals surface area contributed by atoms with Crippen molar-refractivity contribution in [3.05, 3.63) is 29.8 Å². The zero-order chi connectivity index (χ0) is 16.2. The number of phenols is 1. The number of carboxylic acid groups (broad SMARTS) is 1. The number of unbranched alkanes of at least 4 members (excludes halogenated alkanes) is 5. The summed E-state index contributed by atoms with van der Waals surface area (Å²) in [6, 6.07) is 6.96. The van der Waals surface area contributed by atoms with Crippen LogP contribution in [0.15, 0.2) is 24.3 Å². The number of carboxylic acids is 1. The highest BCUT2D eigenvalue weighted by atomic mass is 16.4. The van der Waals surface area contributed by atoms with Crippen LogP contribution in [0.5, 0.6) is 5.75 Å². The number of benzene rings is 1. The molecular weight excluding hydrogens is 282 g/mol. The molecule has 0 unspecified atom stereocenters. The van der Waals surface area contributed by atoms with E-state index in [1.165, 1.54) is 0 Å². The van der Waals surface area contributed by atoms with Gasteiger partial charge >= 0.3 is 5.97 Å². The van der Waals surface area contributed by atoms with Crippen molar-refractivity contribution in [3.8, 4) is 5.75 Å². The van der Waals surface area contributed by atoms with E-state index in [1.807, 2.05) is 6.07 Å². The van der Waals surface area contributed by atoms with Crippen molar-refractivity contribution in [2.45, 2.75) is 57.9 Å². The van der Waals surface area contributed by atoms with Crippen LogP contribution in [-0.2, 0) is 16.1 Å². The molecule has 0 fully saturated rings. The van der Waals surface area contributed by atoms with E-state index < -0.39 is 5.97 Å². The molecule has 0 aromatic heterocycles. The molecule has 0 radical (unpaired) electrons.